The van der Waals surface area contributed by atoms with E-state index < -0.39 is 0 Å². The van der Waals surface area contributed by atoms with E-state index in [0.717, 1.165) is 6.42 Å². The highest BCUT2D eigenvalue weighted by atomic mass is 35.5. The van der Waals surface area contributed by atoms with Crippen molar-refractivity contribution in [3.63, 3.8) is 0 Å². The molecule has 0 saturated heterocycles. The Labute approximate surface area is 98.6 Å². The first-order chi connectivity index (χ1) is 5.06. The van der Waals surface area contributed by atoms with Crippen molar-refractivity contribution in [2.24, 2.45) is 0 Å². The smallest absolute Gasteiger partial charge is 0.120 e. The number of hydrogen-bond acceptors (Lipinski definition) is 0. The molecule has 0 aromatic carbocycles. The van der Waals surface area contributed by atoms with Gasteiger partial charge >= 0.3 is 23.1 Å². The van der Waals surface area contributed by atoms with Gasteiger partial charge in [-0.05, 0) is 20.3 Å². The van der Waals surface area contributed by atoms with Gasteiger partial charge in [0.05, 0.1) is 0 Å². The third-order valence-corrected chi connectivity index (χ3v) is 2.06. The van der Waals surface area contributed by atoms with Gasteiger partial charge in [0.2, 0.25) is 0 Å². The van der Waals surface area contributed by atoms with Gasteiger partial charge in [-0.3, -0.25) is 0 Å². The highest BCUT2D eigenvalue weighted by Crippen LogP contribution is 2.21. The third-order valence-electron chi connectivity index (χ3n) is 1.87. The maximum Gasteiger partial charge on any atom is 0.316 e. The van der Waals surface area contributed by atoms with E-state index in [9.17, 15) is 0 Å². The van der Waals surface area contributed by atoms with E-state index >= 15 is 0 Å². The van der Waals surface area contributed by atoms with Crippen LogP contribution in [0, 0.1) is 0 Å². The molecule has 72 valence electrons. The van der Waals surface area contributed by atoms with E-state index in [-0.39, 0.29) is 27.9 Å². The monoisotopic (exact) mass is 202 g/mol. The summed E-state index contributed by atoms with van der Waals surface area (Å²) in [5, 5.41) is 0. The Morgan fingerprint density at radius 2 is 1.50 bits per heavy atom. The zero-order valence-corrected chi connectivity index (χ0v) is 8.88. The molecule has 0 nitrogen and oxygen atoms in total. The molecule has 0 aliphatic heterocycles. The fraction of sp³-hybridized carbons (Fsp3) is 1.00. The summed E-state index contributed by atoms with van der Waals surface area (Å²) in [5.74, 6) is 0. The Morgan fingerprint density at radius 3 is 1.92 bits per heavy atom. The lowest BCUT2D eigenvalue weighted by molar-refractivity contribution is 0.543. The summed E-state index contributed by atoms with van der Waals surface area (Å²) in [7, 11) is 0. The quantitative estimate of drug-likeness (QED) is 0.352. The van der Waals surface area contributed by atoms with Crippen LogP contribution in [0.1, 0.15) is 59.3 Å². The molecule has 0 heterocycles. The number of unbranched alkanes of at least 4 members (excludes halogenated alkanes) is 4. The number of rotatable bonds is 6. The predicted molar refractivity (Wildman–Crippen MR) is 61.9 cm³/mol. The molecule has 2 heteroatoms. The van der Waals surface area contributed by atoms with Crippen molar-refractivity contribution in [2.45, 2.75) is 64.2 Å². The van der Waals surface area contributed by atoms with Crippen LogP contribution in [-0.2, 0) is 0 Å². The highest BCUT2D eigenvalue weighted by Gasteiger charge is 2.11. The molecule has 0 N–H and O–H groups in total. The third kappa shape index (κ3) is 13.6. The first-order valence-electron chi connectivity index (χ1n) is 4.75. The normalized spacial score (nSPS) is 11.0. The zero-order valence-electron chi connectivity index (χ0n) is 8.12. The molecule has 0 aromatic rings. The minimum atomic E-state index is 0. The second kappa shape index (κ2) is 8.65. The lowest BCUT2D eigenvalue weighted by Crippen LogP contribution is -2.08. The second-order valence-electron chi connectivity index (χ2n) is 3.88. The average Bonchev–Trinajstić information content (AvgIpc) is 1.85. The molecule has 0 aliphatic carbocycles. The van der Waals surface area contributed by atoms with Gasteiger partial charge in [0.1, 0.15) is 0 Å². The molecule has 0 bridgehead atoms. The van der Waals surface area contributed by atoms with Crippen LogP contribution in [0.4, 0.5) is 0 Å². The summed E-state index contributed by atoms with van der Waals surface area (Å²) in [6.07, 6.45) is 7.87. The van der Waals surface area contributed by atoms with E-state index in [2.05, 4.69) is 20.8 Å². The molecule has 0 atom stereocenters. The van der Waals surface area contributed by atoms with Crippen molar-refractivity contribution in [3.05, 3.63) is 0 Å². The molecule has 0 aromatic heterocycles. The standard InChI is InChI=1S/C10H21Cl.Mg.2H/c1-4-5-6-7-8-9-10(2,3)11;;;/h4-9H2,1-3H3;;;. The fourth-order valence-corrected chi connectivity index (χ4v) is 1.28. The lowest BCUT2D eigenvalue weighted by Gasteiger charge is -2.14. The summed E-state index contributed by atoms with van der Waals surface area (Å²) >= 11 is 6.05. The van der Waals surface area contributed by atoms with Crippen molar-refractivity contribution in [1.82, 2.24) is 0 Å². The van der Waals surface area contributed by atoms with Crippen molar-refractivity contribution < 1.29 is 0 Å². The van der Waals surface area contributed by atoms with Crippen LogP contribution < -0.4 is 0 Å². The van der Waals surface area contributed by atoms with E-state index in [1.807, 2.05) is 0 Å². The summed E-state index contributed by atoms with van der Waals surface area (Å²) in [4.78, 5) is 0.0201. The van der Waals surface area contributed by atoms with Gasteiger partial charge in [-0.2, -0.15) is 0 Å². The van der Waals surface area contributed by atoms with Crippen LogP contribution in [0.2, 0.25) is 0 Å². The largest absolute Gasteiger partial charge is 0.316 e. The number of hydrogen-bond donors (Lipinski definition) is 0. The Balaban J connectivity index is 0. The molecule has 0 aliphatic rings. The fourth-order valence-electron chi connectivity index (χ4n) is 1.15. The molecule has 0 rings (SSSR count). The minimum absolute atomic E-state index is 0. The summed E-state index contributed by atoms with van der Waals surface area (Å²) < 4.78 is 0. The zero-order chi connectivity index (χ0) is 8.74. The van der Waals surface area contributed by atoms with Crippen LogP contribution in [0.15, 0.2) is 0 Å². The van der Waals surface area contributed by atoms with E-state index in [1.165, 1.54) is 32.1 Å². The van der Waals surface area contributed by atoms with Crippen molar-refractivity contribution in [1.29, 1.82) is 0 Å². The molecule has 0 amide bonds. The summed E-state index contributed by atoms with van der Waals surface area (Å²) in [6, 6.07) is 0. The van der Waals surface area contributed by atoms with Gasteiger partial charge in [-0.1, -0.05) is 39.0 Å². The van der Waals surface area contributed by atoms with Crippen molar-refractivity contribution in [3.8, 4) is 0 Å². The van der Waals surface area contributed by atoms with Gasteiger partial charge in [0.25, 0.3) is 0 Å². The maximum absolute atomic E-state index is 6.05. The van der Waals surface area contributed by atoms with Gasteiger partial charge in [0.15, 0.2) is 0 Å². The Kier molecular flexibility index (Phi) is 11.2. The average molecular weight is 203 g/mol. The van der Waals surface area contributed by atoms with E-state index in [4.69, 9.17) is 11.6 Å². The molecule has 0 saturated carbocycles. The first kappa shape index (κ1) is 15.5. The molecule has 12 heavy (non-hydrogen) atoms. The van der Waals surface area contributed by atoms with E-state index in [0.29, 0.717) is 0 Å². The Hall–Kier alpha value is 1.06. The Bertz CT molecular complexity index is 86.3. The lowest BCUT2D eigenvalue weighted by atomic mass is 10.0. The van der Waals surface area contributed by atoms with Gasteiger partial charge in [0, 0.05) is 4.87 Å². The van der Waals surface area contributed by atoms with Gasteiger partial charge < -0.3 is 0 Å². The number of alkyl halides is 1. The van der Waals surface area contributed by atoms with Crippen LogP contribution in [0.25, 0.3) is 0 Å². The molecular weight excluding hydrogens is 180 g/mol. The SMILES string of the molecule is CCCCCCCC(C)(C)Cl.[MgH2]. The van der Waals surface area contributed by atoms with Gasteiger partial charge in [-0.15, -0.1) is 11.6 Å². The molecule has 0 spiro atoms. The second-order valence-corrected chi connectivity index (χ2v) is 4.91. The molecule has 0 fully saturated rings. The highest BCUT2D eigenvalue weighted by molar-refractivity contribution is 6.23. The number of halogens is 1. The van der Waals surface area contributed by atoms with Crippen molar-refractivity contribution in [2.75, 3.05) is 0 Å². The van der Waals surface area contributed by atoms with Crippen molar-refractivity contribution >= 4 is 34.7 Å². The first-order valence-corrected chi connectivity index (χ1v) is 5.13. The molecule has 0 unspecified atom stereocenters. The molecular formula is C10H23ClMg. The maximum atomic E-state index is 6.05. The van der Waals surface area contributed by atoms with Crippen LogP contribution in [-0.4, -0.2) is 27.9 Å². The predicted octanol–water partition coefficient (Wildman–Crippen LogP) is 3.45. The minimum Gasteiger partial charge on any atom is -0.120 e. The summed E-state index contributed by atoms with van der Waals surface area (Å²) in [5.41, 5.74) is 0. The Morgan fingerprint density at radius 1 is 1.00 bits per heavy atom. The van der Waals surface area contributed by atoms with Crippen LogP contribution in [0.3, 0.4) is 0 Å². The van der Waals surface area contributed by atoms with Gasteiger partial charge in [-0.25, -0.2) is 0 Å². The van der Waals surface area contributed by atoms with Crippen LogP contribution >= 0.6 is 11.6 Å². The van der Waals surface area contributed by atoms with Crippen LogP contribution in [0.5, 0.6) is 0 Å². The summed E-state index contributed by atoms with van der Waals surface area (Å²) in [6.45, 7) is 6.42. The van der Waals surface area contributed by atoms with E-state index in [1.54, 1.807) is 0 Å². The molecule has 0 radical (unpaired) electrons. The topological polar surface area (TPSA) is 0 Å².